The minimum atomic E-state index is -0.484. The van der Waals surface area contributed by atoms with Gasteiger partial charge in [0.15, 0.2) is 12.6 Å². The maximum absolute atomic E-state index is 10.9. The van der Waals surface area contributed by atoms with E-state index in [9.17, 15) is 4.79 Å². The molecule has 30 heavy (non-hydrogen) atoms. The Balaban J connectivity index is 1.55. The lowest BCUT2D eigenvalue weighted by atomic mass is 10.2. The Morgan fingerprint density at radius 1 is 1.27 bits per heavy atom. The minimum absolute atomic E-state index is 0.120. The number of amides is 1. The van der Waals surface area contributed by atoms with Gasteiger partial charge >= 0.3 is 0 Å². The van der Waals surface area contributed by atoms with Gasteiger partial charge in [-0.25, -0.2) is 4.99 Å². The van der Waals surface area contributed by atoms with Crippen molar-refractivity contribution in [3.05, 3.63) is 60.2 Å². The number of ether oxygens (including phenoxy) is 1. The van der Waals surface area contributed by atoms with Crippen LogP contribution in [0.15, 0.2) is 64.5 Å². The van der Waals surface area contributed by atoms with Crippen LogP contribution in [0.25, 0.3) is 0 Å². The van der Waals surface area contributed by atoms with Crippen molar-refractivity contribution in [3.8, 4) is 5.75 Å². The predicted molar refractivity (Wildman–Crippen MR) is 123 cm³/mol. The average molecular weight is 427 g/mol. The van der Waals surface area contributed by atoms with E-state index in [1.165, 1.54) is 11.3 Å². The molecule has 1 atom stereocenters. The second kappa shape index (κ2) is 11.5. The van der Waals surface area contributed by atoms with Gasteiger partial charge in [-0.05, 0) is 49.1 Å². The molecule has 3 N–H and O–H groups in total. The fourth-order valence-corrected chi connectivity index (χ4v) is 4.42. The number of benzene rings is 2. The van der Waals surface area contributed by atoms with Crippen LogP contribution in [0.3, 0.4) is 0 Å². The largest absolute Gasteiger partial charge is 0.484 e. The summed E-state index contributed by atoms with van der Waals surface area (Å²) in [5.41, 5.74) is 6.17. The fraction of sp³-hybridized carbons (Fsp3) is 0.391. The Hall–Kier alpha value is -2.67. The molecule has 160 valence electrons. The summed E-state index contributed by atoms with van der Waals surface area (Å²) >= 11 is 1.93. The first-order valence-corrected chi connectivity index (χ1v) is 11.3. The Morgan fingerprint density at radius 2 is 2.10 bits per heavy atom. The van der Waals surface area contributed by atoms with E-state index >= 15 is 0 Å². The fourth-order valence-electron chi connectivity index (χ4n) is 3.37. The van der Waals surface area contributed by atoms with Gasteiger partial charge in [0.2, 0.25) is 0 Å². The van der Waals surface area contributed by atoms with Gasteiger partial charge in [0.05, 0.1) is 6.54 Å². The molecule has 0 bridgehead atoms. The zero-order chi connectivity index (χ0) is 21.2. The molecule has 1 amide bonds. The third kappa shape index (κ3) is 6.99. The summed E-state index contributed by atoms with van der Waals surface area (Å²) in [7, 11) is 0. The molecule has 0 aromatic heterocycles. The average Bonchev–Trinajstić information content (AvgIpc) is 3.24. The molecule has 3 rings (SSSR count). The van der Waals surface area contributed by atoms with Gasteiger partial charge in [0.25, 0.3) is 5.91 Å². The standard InChI is InChI=1S/C23H30N4O2S/c1-2-25-23(26-14-18-7-6-8-20(13-18)29-16-22(24)28)27-12-11-19(15-27)17-30-21-9-4-3-5-10-21/h3-10,13,19H,2,11-12,14-17H2,1H3,(H2,24,28)(H,25,26). The normalized spacial score (nSPS) is 16.5. The number of nitrogens with one attached hydrogen (secondary N) is 1. The number of thioether (sulfide) groups is 1. The molecule has 0 spiro atoms. The Morgan fingerprint density at radius 3 is 2.87 bits per heavy atom. The lowest BCUT2D eigenvalue weighted by Crippen LogP contribution is -2.40. The number of primary amides is 1. The van der Waals surface area contributed by atoms with Crippen molar-refractivity contribution >= 4 is 23.6 Å². The molecule has 0 aliphatic carbocycles. The van der Waals surface area contributed by atoms with Crippen LogP contribution in [0, 0.1) is 5.92 Å². The van der Waals surface area contributed by atoms with Gasteiger partial charge < -0.3 is 20.7 Å². The van der Waals surface area contributed by atoms with Crippen molar-refractivity contribution in [2.75, 3.05) is 32.0 Å². The second-order valence-corrected chi connectivity index (χ2v) is 8.39. The van der Waals surface area contributed by atoms with Crippen molar-refractivity contribution in [2.45, 2.75) is 24.8 Å². The lowest BCUT2D eigenvalue weighted by Gasteiger charge is -2.21. The Labute approximate surface area is 182 Å². The Kier molecular flexibility index (Phi) is 8.44. The van der Waals surface area contributed by atoms with Crippen molar-refractivity contribution in [1.82, 2.24) is 10.2 Å². The maximum Gasteiger partial charge on any atom is 0.255 e. The number of likely N-dealkylation sites (tertiary alicyclic amines) is 1. The molecule has 0 radical (unpaired) electrons. The van der Waals surface area contributed by atoms with Crippen molar-refractivity contribution < 1.29 is 9.53 Å². The van der Waals surface area contributed by atoms with E-state index < -0.39 is 5.91 Å². The van der Waals surface area contributed by atoms with E-state index in [-0.39, 0.29) is 6.61 Å². The van der Waals surface area contributed by atoms with Crippen LogP contribution in [0.2, 0.25) is 0 Å². The molecular formula is C23H30N4O2S. The molecule has 1 aliphatic rings. The summed E-state index contributed by atoms with van der Waals surface area (Å²) < 4.78 is 5.39. The molecule has 1 saturated heterocycles. The molecule has 1 unspecified atom stereocenters. The first-order chi connectivity index (χ1) is 14.6. The van der Waals surface area contributed by atoms with Crippen LogP contribution in [0.5, 0.6) is 5.75 Å². The van der Waals surface area contributed by atoms with Gasteiger partial charge in [0.1, 0.15) is 5.75 Å². The van der Waals surface area contributed by atoms with Crippen LogP contribution in [0.1, 0.15) is 18.9 Å². The van der Waals surface area contributed by atoms with Crippen LogP contribution >= 0.6 is 11.8 Å². The number of nitrogens with two attached hydrogens (primary N) is 1. The van der Waals surface area contributed by atoms with E-state index in [4.69, 9.17) is 15.5 Å². The highest BCUT2D eigenvalue weighted by Crippen LogP contribution is 2.26. The van der Waals surface area contributed by atoms with Gasteiger partial charge in [0, 0.05) is 30.3 Å². The van der Waals surface area contributed by atoms with Crippen LogP contribution in [-0.2, 0) is 11.3 Å². The third-order valence-corrected chi connectivity index (χ3v) is 6.08. The van der Waals surface area contributed by atoms with Crippen molar-refractivity contribution in [1.29, 1.82) is 0 Å². The first-order valence-electron chi connectivity index (χ1n) is 10.3. The van der Waals surface area contributed by atoms with E-state index in [2.05, 4.69) is 47.5 Å². The van der Waals surface area contributed by atoms with Gasteiger partial charge in [-0.15, -0.1) is 11.8 Å². The Bertz CT molecular complexity index is 844. The highest BCUT2D eigenvalue weighted by molar-refractivity contribution is 7.99. The smallest absolute Gasteiger partial charge is 0.255 e. The van der Waals surface area contributed by atoms with E-state index in [1.807, 2.05) is 36.0 Å². The first kappa shape index (κ1) is 22.0. The zero-order valence-corrected chi connectivity index (χ0v) is 18.2. The van der Waals surface area contributed by atoms with Crippen LogP contribution < -0.4 is 15.8 Å². The summed E-state index contributed by atoms with van der Waals surface area (Å²) in [5.74, 6) is 2.88. The number of carbonyl (C=O) groups is 1. The quantitative estimate of drug-likeness (QED) is 0.366. The van der Waals surface area contributed by atoms with E-state index in [1.54, 1.807) is 0 Å². The summed E-state index contributed by atoms with van der Waals surface area (Å²) in [5, 5.41) is 3.42. The minimum Gasteiger partial charge on any atom is -0.484 e. The van der Waals surface area contributed by atoms with E-state index in [0.29, 0.717) is 18.2 Å². The maximum atomic E-state index is 10.9. The monoisotopic (exact) mass is 426 g/mol. The topological polar surface area (TPSA) is 80.0 Å². The summed E-state index contributed by atoms with van der Waals surface area (Å²) in [4.78, 5) is 19.4. The number of rotatable bonds is 9. The zero-order valence-electron chi connectivity index (χ0n) is 17.4. The van der Waals surface area contributed by atoms with Crippen molar-refractivity contribution in [2.24, 2.45) is 16.6 Å². The molecule has 0 saturated carbocycles. The number of carbonyl (C=O) groups excluding carboxylic acids is 1. The number of nitrogens with zero attached hydrogens (tertiary/aromatic N) is 2. The summed E-state index contributed by atoms with van der Waals surface area (Å²) in [6.07, 6.45) is 1.18. The van der Waals surface area contributed by atoms with Gasteiger partial charge in [-0.3, -0.25) is 4.79 Å². The van der Waals surface area contributed by atoms with E-state index in [0.717, 1.165) is 36.9 Å². The molecule has 7 heteroatoms. The van der Waals surface area contributed by atoms with Gasteiger partial charge in [-0.1, -0.05) is 30.3 Å². The highest BCUT2D eigenvalue weighted by Gasteiger charge is 2.24. The second-order valence-electron chi connectivity index (χ2n) is 7.30. The van der Waals surface area contributed by atoms with Gasteiger partial charge in [-0.2, -0.15) is 0 Å². The molecule has 1 fully saturated rings. The number of hydrogen-bond acceptors (Lipinski definition) is 4. The molecule has 2 aromatic carbocycles. The number of hydrogen-bond donors (Lipinski definition) is 2. The van der Waals surface area contributed by atoms with Crippen LogP contribution in [0.4, 0.5) is 0 Å². The SMILES string of the molecule is CCNC(=NCc1cccc(OCC(N)=O)c1)N1CCC(CSc2ccccc2)C1. The summed E-state index contributed by atoms with van der Waals surface area (Å²) in [6.45, 7) is 5.40. The molecule has 1 aliphatic heterocycles. The molecule has 6 nitrogen and oxygen atoms in total. The van der Waals surface area contributed by atoms with Crippen molar-refractivity contribution in [3.63, 3.8) is 0 Å². The number of aliphatic imine (C=N–C) groups is 1. The molecule has 1 heterocycles. The highest BCUT2D eigenvalue weighted by atomic mass is 32.2. The predicted octanol–water partition coefficient (Wildman–Crippen LogP) is 3.13. The number of guanidine groups is 1. The lowest BCUT2D eigenvalue weighted by molar-refractivity contribution is -0.119. The molecule has 2 aromatic rings. The van der Waals surface area contributed by atoms with Crippen LogP contribution in [-0.4, -0.2) is 48.8 Å². The molecular weight excluding hydrogens is 396 g/mol. The summed E-state index contributed by atoms with van der Waals surface area (Å²) in [6, 6.07) is 18.2. The third-order valence-electron chi connectivity index (χ3n) is 4.84.